The highest BCUT2D eigenvalue weighted by molar-refractivity contribution is 7.98. The quantitative estimate of drug-likeness (QED) is 0.755. The van der Waals surface area contributed by atoms with Gasteiger partial charge < -0.3 is 10.2 Å². The van der Waals surface area contributed by atoms with Gasteiger partial charge in [0.1, 0.15) is 5.82 Å². The fraction of sp³-hybridized carbons (Fsp3) is 0.375. The average molecular weight is 320 g/mol. The Balaban J connectivity index is 1.69. The molecule has 0 aliphatic rings. The van der Waals surface area contributed by atoms with Crippen molar-refractivity contribution in [2.24, 2.45) is 0 Å². The van der Waals surface area contributed by atoms with Crippen LogP contribution < -0.4 is 10.2 Å². The standard InChI is InChI=1S/C16H21FN4S/c1-21(2)16-15(19-9-10-20-16)18-8-5-11-22-12-13-6-3-4-7-14(13)17/h3-4,6-7,9-10H,5,8,11-12H2,1-2H3,(H,18,19). The molecule has 6 heteroatoms. The zero-order chi connectivity index (χ0) is 15.8. The minimum absolute atomic E-state index is 0.122. The Morgan fingerprint density at radius 3 is 2.73 bits per heavy atom. The average Bonchev–Trinajstić information content (AvgIpc) is 2.52. The summed E-state index contributed by atoms with van der Waals surface area (Å²) in [5.74, 6) is 3.19. The molecule has 0 fully saturated rings. The Morgan fingerprint density at radius 2 is 1.95 bits per heavy atom. The zero-order valence-corrected chi connectivity index (χ0v) is 13.7. The molecule has 22 heavy (non-hydrogen) atoms. The number of nitrogens with one attached hydrogen (secondary N) is 1. The number of rotatable bonds is 8. The van der Waals surface area contributed by atoms with Crippen molar-refractivity contribution >= 4 is 23.4 Å². The van der Waals surface area contributed by atoms with Crippen LogP contribution in [-0.4, -0.2) is 36.4 Å². The Kier molecular flexibility index (Phi) is 6.45. The second kappa shape index (κ2) is 8.58. The maximum atomic E-state index is 13.5. The smallest absolute Gasteiger partial charge is 0.171 e. The van der Waals surface area contributed by atoms with Gasteiger partial charge in [0, 0.05) is 38.8 Å². The highest BCUT2D eigenvalue weighted by atomic mass is 32.2. The van der Waals surface area contributed by atoms with Gasteiger partial charge in [-0.2, -0.15) is 11.8 Å². The Hall–Kier alpha value is -1.82. The number of aromatic nitrogens is 2. The number of hydrogen-bond acceptors (Lipinski definition) is 5. The van der Waals surface area contributed by atoms with Crippen LogP contribution in [0.3, 0.4) is 0 Å². The van der Waals surface area contributed by atoms with Crippen LogP contribution in [0.1, 0.15) is 12.0 Å². The molecule has 0 radical (unpaired) electrons. The number of hydrogen-bond donors (Lipinski definition) is 1. The Bertz CT molecular complexity index is 592. The van der Waals surface area contributed by atoms with Gasteiger partial charge in [0.05, 0.1) is 0 Å². The van der Waals surface area contributed by atoms with Gasteiger partial charge in [-0.15, -0.1) is 0 Å². The Labute approximate surface area is 135 Å². The molecule has 0 unspecified atom stereocenters. The summed E-state index contributed by atoms with van der Waals surface area (Å²) in [7, 11) is 3.89. The summed E-state index contributed by atoms with van der Waals surface area (Å²) in [6, 6.07) is 6.94. The van der Waals surface area contributed by atoms with Crippen molar-refractivity contribution in [2.75, 3.05) is 36.6 Å². The first-order chi connectivity index (χ1) is 10.7. The second-order valence-electron chi connectivity index (χ2n) is 5.05. The largest absolute Gasteiger partial charge is 0.367 e. The first kappa shape index (κ1) is 16.5. The van der Waals surface area contributed by atoms with Crippen LogP contribution in [0.5, 0.6) is 0 Å². The van der Waals surface area contributed by atoms with E-state index in [1.54, 1.807) is 30.2 Å². The van der Waals surface area contributed by atoms with Gasteiger partial charge in [-0.25, -0.2) is 14.4 Å². The summed E-state index contributed by atoms with van der Waals surface area (Å²) in [6.45, 7) is 0.823. The third kappa shape index (κ3) is 4.87. The van der Waals surface area contributed by atoms with Gasteiger partial charge in [-0.1, -0.05) is 18.2 Å². The number of benzene rings is 1. The molecule has 0 spiro atoms. The maximum Gasteiger partial charge on any atom is 0.171 e. The van der Waals surface area contributed by atoms with E-state index in [9.17, 15) is 4.39 Å². The lowest BCUT2D eigenvalue weighted by Gasteiger charge is -2.15. The molecule has 0 atom stereocenters. The zero-order valence-electron chi connectivity index (χ0n) is 12.9. The van der Waals surface area contributed by atoms with Gasteiger partial charge in [0.15, 0.2) is 11.6 Å². The predicted molar refractivity (Wildman–Crippen MR) is 92.0 cm³/mol. The molecule has 2 aromatic rings. The Morgan fingerprint density at radius 1 is 1.18 bits per heavy atom. The molecule has 1 heterocycles. The first-order valence-electron chi connectivity index (χ1n) is 7.22. The summed E-state index contributed by atoms with van der Waals surface area (Å²) in [5, 5.41) is 3.30. The SMILES string of the molecule is CN(C)c1nccnc1NCCCSCc1ccccc1F. The fourth-order valence-corrected chi connectivity index (χ4v) is 2.91. The van der Waals surface area contributed by atoms with Crippen LogP contribution in [0.2, 0.25) is 0 Å². The van der Waals surface area contributed by atoms with E-state index in [1.807, 2.05) is 31.1 Å². The van der Waals surface area contributed by atoms with E-state index in [0.717, 1.165) is 35.9 Å². The van der Waals surface area contributed by atoms with E-state index < -0.39 is 0 Å². The third-order valence-corrected chi connectivity index (χ3v) is 4.17. The molecule has 0 saturated heterocycles. The van der Waals surface area contributed by atoms with Crippen molar-refractivity contribution in [2.45, 2.75) is 12.2 Å². The molecule has 0 aliphatic heterocycles. The monoisotopic (exact) mass is 320 g/mol. The molecular formula is C16H21FN4S. The predicted octanol–water partition coefficient (Wildman–Crippen LogP) is 3.42. The lowest BCUT2D eigenvalue weighted by atomic mass is 10.2. The minimum atomic E-state index is -0.122. The van der Waals surface area contributed by atoms with Crippen molar-refractivity contribution in [3.05, 3.63) is 48.0 Å². The third-order valence-electron chi connectivity index (χ3n) is 3.08. The highest BCUT2D eigenvalue weighted by Crippen LogP contribution is 2.18. The van der Waals surface area contributed by atoms with Crippen LogP contribution in [0.25, 0.3) is 0 Å². The summed E-state index contributed by atoms with van der Waals surface area (Å²) in [4.78, 5) is 10.5. The summed E-state index contributed by atoms with van der Waals surface area (Å²) in [5.41, 5.74) is 0.768. The molecule has 1 aromatic heterocycles. The van der Waals surface area contributed by atoms with Gasteiger partial charge in [0.2, 0.25) is 0 Å². The van der Waals surface area contributed by atoms with Gasteiger partial charge >= 0.3 is 0 Å². The molecule has 118 valence electrons. The summed E-state index contributed by atoms with van der Waals surface area (Å²) < 4.78 is 13.5. The van der Waals surface area contributed by atoms with Crippen molar-refractivity contribution < 1.29 is 4.39 Å². The molecule has 0 saturated carbocycles. The van der Waals surface area contributed by atoms with E-state index >= 15 is 0 Å². The minimum Gasteiger partial charge on any atom is -0.367 e. The van der Waals surface area contributed by atoms with Crippen molar-refractivity contribution in [3.63, 3.8) is 0 Å². The highest BCUT2D eigenvalue weighted by Gasteiger charge is 2.06. The molecule has 1 aromatic carbocycles. The fourth-order valence-electron chi connectivity index (χ4n) is 1.96. The summed E-state index contributed by atoms with van der Waals surface area (Å²) in [6.07, 6.45) is 4.36. The lowest BCUT2D eigenvalue weighted by molar-refractivity contribution is 0.617. The van der Waals surface area contributed by atoms with Crippen molar-refractivity contribution in [3.8, 4) is 0 Å². The molecule has 0 aliphatic carbocycles. The molecule has 2 rings (SSSR count). The van der Waals surface area contributed by atoms with Crippen molar-refractivity contribution in [1.82, 2.24) is 9.97 Å². The lowest BCUT2D eigenvalue weighted by Crippen LogP contribution is -2.15. The number of anilines is 2. The van der Waals surface area contributed by atoms with Gasteiger partial charge in [0.25, 0.3) is 0 Å². The van der Waals surface area contributed by atoms with Crippen LogP contribution >= 0.6 is 11.8 Å². The van der Waals surface area contributed by atoms with E-state index in [-0.39, 0.29) is 5.82 Å². The number of thioether (sulfide) groups is 1. The molecular weight excluding hydrogens is 299 g/mol. The normalized spacial score (nSPS) is 10.5. The van der Waals surface area contributed by atoms with Crippen LogP contribution in [0, 0.1) is 5.82 Å². The van der Waals surface area contributed by atoms with Gasteiger partial charge in [-0.05, 0) is 23.8 Å². The second-order valence-corrected chi connectivity index (χ2v) is 6.15. The van der Waals surface area contributed by atoms with Crippen molar-refractivity contribution in [1.29, 1.82) is 0 Å². The number of halogens is 1. The first-order valence-corrected chi connectivity index (χ1v) is 8.37. The van der Waals surface area contributed by atoms with E-state index in [2.05, 4.69) is 15.3 Å². The van der Waals surface area contributed by atoms with Crippen LogP contribution in [-0.2, 0) is 5.75 Å². The molecule has 1 N–H and O–H groups in total. The summed E-state index contributed by atoms with van der Waals surface area (Å²) >= 11 is 1.74. The topological polar surface area (TPSA) is 41.1 Å². The maximum absolute atomic E-state index is 13.5. The van der Waals surface area contributed by atoms with Gasteiger partial charge in [-0.3, -0.25) is 0 Å². The van der Waals surface area contributed by atoms with E-state index in [4.69, 9.17) is 0 Å². The van der Waals surface area contributed by atoms with E-state index in [1.165, 1.54) is 6.07 Å². The molecule has 0 bridgehead atoms. The molecule has 4 nitrogen and oxygen atoms in total. The number of nitrogens with zero attached hydrogens (tertiary/aromatic N) is 3. The van der Waals surface area contributed by atoms with Crippen LogP contribution in [0.15, 0.2) is 36.7 Å². The molecule has 0 amide bonds. The van der Waals surface area contributed by atoms with E-state index in [0.29, 0.717) is 5.75 Å². The van der Waals surface area contributed by atoms with Crippen LogP contribution in [0.4, 0.5) is 16.0 Å².